The number of aryl methyl sites for hydroxylation is 2. The minimum absolute atomic E-state index is 0.00497. The number of rotatable bonds is 10. The SMILES string of the molecule is COC(=O)Cc1ccccc1CCc1nc(NCc2ccc(C3CCN(C(=O)OC(C)(C)C)CC3)cc2OC)ncc1C(F)(F)F. The van der Waals surface area contributed by atoms with E-state index in [1.54, 1.807) is 36.3 Å². The predicted molar refractivity (Wildman–Crippen MR) is 167 cm³/mol. The van der Waals surface area contributed by atoms with E-state index in [2.05, 4.69) is 15.3 Å². The highest BCUT2D eigenvalue weighted by atomic mass is 19.4. The van der Waals surface area contributed by atoms with Gasteiger partial charge in [0, 0.05) is 31.4 Å². The minimum atomic E-state index is -4.62. The molecule has 0 unspecified atom stereocenters. The molecule has 9 nitrogen and oxygen atoms in total. The number of carbonyl (C=O) groups excluding carboxylic acids is 2. The Labute approximate surface area is 267 Å². The number of nitrogens with zero attached hydrogens (tertiary/aromatic N) is 3. The van der Waals surface area contributed by atoms with Crippen molar-refractivity contribution in [2.45, 2.75) is 77.1 Å². The van der Waals surface area contributed by atoms with Crippen molar-refractivity contribution in [2.24, 2.45) is 0 Å². The van der Waals surface area contributed by atoms with Crippen LogP contribution in [-0.4, -0.2) is 59.8 Å². The lowest BCUT2D eigenvalue weighted by Crippen LogP contribution is -2.41. The van der Waals surface area contributed by atoms with E-state index < -0.39 is 23.3 Å². The lowest BCUT2D eigenvalue weighted by Gasteiger charge is -2.33. The second-order valence-corrected chi connectivity index (χ2v) is 12.2. The lowest BCUT2D eigenvalue weighted by atomic mass is 9.89. The molecule has 1 aliphatic rings. The number of carbonyl (C=O) groups is 2. The van der Waals surface area contributed by atoms with Crippen molar-refractivity contribution < 1.29 is 37.0 Å². The third-order valence-corrected chi connectivity index (χ3v) is 7.85. The third kappa shape index (κ3) is 9.34. The van der Waals surface area contributed by atoms with Gasteiger partial charge in [-0.3, -0.25) is 4.79 Å². The molecule has 46 heavy (non-hydrogen) atoms. The van der Waals surface area contributed by atoms with Crippen LogP contribution in [0.1, 0.15) is 73.0 Å². The van der Waals surface area contributed by atoms with Crippen LogP contribution < -0.4 is 10.1 Å². The number of amides is 1. The summed E-state index contributed by atoms with van der Waals surface area (Å²) in [4.78, 5) is 34.2. The molecule has 1 fully saturated rings. The quantitative estimate of drug-likeness (QED) is 0.243. The van der Waals surface area contributed by atoms with Crippen LogP contribution in [0, 0.1) is 0 Å². The second kappa shape index (κ2) is 14.8. The Kier molecular flexibility index (Phi) is 11.1. The number of piperidine rings is 1. The summed E-state index contributed by atoms with van der Waals surface area (Å²) in [5.41, 5.74) is 1.73. The van der Waals surface area contributed by atoms with Crippen molar-refractivity contribution in [3.8, 4) is 5.75 Å². The van der Waals surface area contributed by atoms with Gasteiger partial charge in [-0.1, -0.05) is 36.4 Å². The van der Waals surface area contributed by atoms with Crippen LogP contribution in [-0.2, 0) is 46.3 Å². The number of alkyl halides is 3. The molecule has 0 aliphatic carbocycles. The van der Waals surface area contributed by atoms with E-state index >= 15 is 0 Å². The van der Waals surface area contributed by atoms with Crippen molar-refractivity contribution >= 4 is 18.0 Å². The number of hydrogen-bond acceptors (Lipinski definition) is 8. The van der Waals surface area contributed by atoms with Crippen LogP contribution in [0.15, 0.2) is 48.7 Å². The maximum Gasteiger partial charge on any atom is 0.419 e. The number of likely N-dealkylation sites (tertiary alicyclic amines) is 1. The van der Waals surface area contributed by atoms with E-state index in [1.807, 2.05) is 39.0 Å². The van der Waals surface area contributed by atoms with E-state index in [1.165, 1.54) is 7.11 Å². The van der Waals surface area contributed by atoms with Gasteiger partial charge >= 0.3 is 18.2 Å². The fourth-order valence-corrected chi connectivity index (χ4v) is 5.44. The molecule has 0 bridgehead atoms. The van der Waals surface area contributed by atoms with Gasteiger partial charge in [0.2, 0.25) is 5.95 Å². The number of esters is 1. The maximum atomic E-state index is 13.9. The highest BCUT2D eigenvalue weighted by Gasteiger charge is 2.35. The number of benzene rings is 2. The number of halogens is 3. The van der Waals surface area contributed by atoms with E-state index in [9.17, 15) is 22.8 Å². The molecule has 0 radical (unpaired) electrons. The Balaban J connectivity index is 1.43. The molecular formula is C34H41F3N4O5. The number of methoxy groups -OCH3 is 2. The summed E-state index contributed by atoms with van der Waals surface area (Å²) >= 11 is 0. The molecule has 1 N–H and O–H groups in total. The Hall–Kier alpha value is -4.35. The van der Waals surface area contributed by atoms with Gasteiger partial charge in [0.15, 0.2) is 0 Å². The first-order valence-corrected chi connectivity index (χ1v) is 15.2. The molecule has 2 aromatic carbocycles. The van der Waals surface area contributed by atoms with Gasteiger partial charge in [-0.05, 0) is 75.1 Å². The van der Waals surface area contributed by atoms with Crippen LogP contribution >= 0.6 is 0 Å². The standard InChI is InChI=1S/C34H41F3N4O5/c1-33(2,3)46-32(43)41-16-14-23(15-17-41)25-10-11-26(29(18-25)44-4)20-38-31-39-21-27(34(35,36)37)28(40-31)13-12-22-8-6-7-9-24(22)19-30(42)45-5/h6-11,18,21,23H,12-17,19-20H2,1-5H3,(H,38,39,40). The molecule has 1 amide bonds. The van der Waals surface area contributed by atoms with Gasteiger partial charge in [0.25, 0.3) is 0 Å². The molecule has 0 atom stereocenters. The summed E-state index contributed by atoms with van der Waals surface area (Å²) in [7, 11) is 2.86. The highest BCUT2D eigenvalue weighted by molar-refractivity contribution is 5.73. The normalized spacial score (nSPS) is 14.1. The fourth-order valence-electron chi connectivity index (χ4n) is 5.44. The largest absolute Gasteiger partial charge is 0.496 e. The van der Waals surface area contributed by atoms with Gasteiger partial charge < -0.3 is 24.4 Å². The zero-order valence-electron chi connectivity index (χ0n) is 26.9. The average molecular weight is 643 g/mol. The topological polar surface area (TPSA) is 103 Å². The Bertz CT molecular complexity index is 1520. The molecule has 2 heterocycles. The zero-order valence-corrected chi connectivity index (χ0v) is 26.9. The number of anilines is 1. The molecule has 3 aromatic rings. The molecule has 0 spiro atoms. The number of nitrogens with one attached hydrogen (secondary N) is 1. The maximum absolute atomic E-state index is 13.9. The van der Waals surface area contributed by atoms with E-state index in [0.717, 1.165) is 35.7 Å². The summed E-state index contributed by atoms with van der Waals surface area (Å²) in [5.74, 6) is 0.512. The first-order chi connectivity index (χ1) is 21.8. The molecule has 1 aromatic heterocycles. The summed E-state index contributed by atoms with van der Waals surface area (Å²) in [5, 5.41) is 3.04. The summed E-state index contributed by atoms with van der Waals surface area (Å²) < 4.78 is 57.5. The summed E-state index contributed by atoms with van der Waals surface area (Å²) in [6, 6.07) is 13.0. The highest BCUT2D eigenvalue weighted by Crippen LogP contribution is 2.34. The second-order valence-electron chi connectivity index (χ2n) is 12.2. The Morgan fingerprint density at radius 3 is 2.30 bits per heavy atom. The zero-order chi connectivity index (χ0) is 33.5. The van der Waals surface area contributed by atoms with E-state index in [4.69, 9.17) is 14.2 Å². The number of hydrogen-bond donors (Lipinski definition) is 1. The summed E-state index contributed by atoms with van der Waals surface area (Å²) in [6.07, 6.45) is -2.28. The van der Waals surface area contributed by atoms with Gasteiger partial charge in [-0.25, -0.2) is 14.8 Å². The van der Waals surface area contributed by atoms with Crippen molar-refractivity contribution in [1.29, 1.82) is 0 Å². The lowest BCUT2D eigenvalue weighted by molar-refractivity contribution is -0.140. The van der Waals surface area contributed by atoms with E-state index in [0.29, 0.717) is 24.4 Å². The Morgan fingerprint density at radius 1 is 0.978 bits per heavy atom. The van der Waals surface area contributed by atoms with Crippen molar-refractivity contribution in [2.75, 3.05) is 32.6 Å². The van der Waals surface area contributed by atoms with Crippen molar-refractivity contribution in [1.82, 2.24) is 14.9 Å². The number of ether oxygens (including phenoxy) is 3. The minimum Gasteiger partial charge on any atom is -0.496 e. The molecule has 1 aliphatic heterocycles. The monoisotopic (exact) mass is 642 g/mol. The predicted octanol–water partition coefficient (Wildman–Crippen LogP) is 6.73. The van der Waals surface area contributed by atoms with Crippen LogP contribution in [0.4, 0.5) is 23.9 Å². The van der Waals surface area contributed by atoms with Gasteiger partial charge in [0.05, 0.1) is 31.9 Å². The smallest absolute Gasteiger partial charge is 0.419 e. The van der Waals surface area contributed by atoms with Crippen molar-refractivity contribution in [3.05, 3.63) is 82.2 Å². The summed E-state index contributed by atoms with van der Waals surface area (Å²) in [6.45, 7) is 6.96. The van der Waals surface area contributed by atoms with E-state index in [-0.39, 0.29) is 49.5 Å². The molecule has 12 heteroatoms. The Morgan fingerprint density at radius 2 is 1.67 bits per heavy atom. The van der Waals surface area contributed by atoms with Crippen molar-refractivity contribution in [3.63, 3.8) is 0 Å². The van der Waals surface area contributed by atoms with Crippen LogP contribution in [0.2, 0.25) is 0 Å². The molecular weight excluding hydrogens is 601 g/mol. The molecule has 248 valence electrons. The molecule has 4 rings (SSSR count). The molecule has 0 saturated carbocycles. The fraction of sp³-hybridized carbons (Fsp3) is 0.471. The molecule has 1 saturated heterocycles. The third-order valence-electron chi connectivity index (χ3n) is 7.85. The first-order valence-electron chi connectivity index (χ1n) is 15.2. The first kappa shape index (κ1) is 34.5. The van der Waals surface area contributed by atoms with Gasteiger partial charge in [-0.15, -0.1) is 0 Å². The van der Waals surface area contributed by atoms with Crippen LogP contribution in [0.25, 0.3) is 0 Å². The van der Waals surface area contributed by atoms with Gasteiger partial charge in [0.1, 0.15) is 11.4 Å². The van der Waals surface area contributed by atoms with Gasteiger partial charge in [-0.2, -0.15) is 13.2 Å². The number of aromatic nitrogens is 2. The van der Waals surface area contributed by atoms with Crippen LogP contribution in [0.5, 0.6) is 5.75 Å². The van der Waals surface area contributed by atoms with Crippen LogP contribution in [0.3, 0.4) is 0 Å². The average Bonchev–Trinajstić information content (AvgIpc) is 3.02.